The number of hydrogen-bond acceptors (Lipinski definition) is 3. The molecule has 1 aromatic rings. The fourth-order valence-corrected chi connectivity index (χ4v) is 2.57. The predicted octanol–water partition coefficient (Wildman–Crippen LogP) is 4.26. The molecule has 0 spiro atoms. The van der Waals surface area contributed by atoms with Crippen LogP contribution in [0.1, 0.15) is 44.0 Å². The molecule has 0 unspecified atom stereocenters. The molecular formula is C15H21BrN2O3. The molecule has 0 aliphatic heterocycles. The molecule has 1 rings (SSSR count). The number of halogens is 1. The number of carbonyl (C=O) groups excluding carboxylic acids is 1. The Morgan fingerprint density at radius 1 is 1.33 bits per heavy atom. The van der Waals surface area contributed by atoms with Crippen molar-refractivity contribution in [1.29, 1.82) is 0 Å². The molecule has 0 aromatic heterocycles. The molecule has 0 bridgehead atoms. The average Bonchev–Trinajstić information content (AvgIpc) is 2.48. The zero-order valence-corrected chi connectivity index (χ0v) is 14.2. The normalized spacial score (nSPS) is 10.7. The highest BCUT2D eigenvalue weighted by Crippen LogP contribution is 2.26. The first kappa shape index (κ1) is 17.6. The van der Waals surface area contributed by atoms with Gasteiger partial charge in [-0.05, 0) is 40.9 Å². The summed E-state index contributed by atoms with van der Waals surface area (Å²) < 4.78 is 0.382. The third-order valence-electron chi connectivity index (χ3n) is 3.69. The van der Waals surface area contributed by atoms with Gasteiger partial charge in [0.05, 0.1) is 9.40 Å². The molecule has 5 nitrogen and oxygen atoms in total. The number of rotatable bonds is 7. The van der Waals surface area contributed by atoms with E-state index in [1.54, 1.807) is 17.0 Å². The molecule has 0 saturated heterocycles. The Morgan fingerprint density at radius 2 is 1.95 bits per heavy atom. The van der Waals surface area contributed by atoms with Crippen LogP contribution in [0.5, 0.6) is 0 Å². The topological polar surface area (TPSA) is 63.5 Å². The molecule has 0 radical (unpaired) electrons. The second kappa shape index (κ2) is 8.12. The monoisotopic (exact) mass is 356 g/mol. The van der Waals surface area contributed by atoms with E-state index in [4.69, 9.17) is 0 Å². The van der Waals surface area contributed by atoms with E-state index in [1.807, 2.05) is 6.92 Å². The molecule has 1 amide bonds. The first-order chi connectivity index (χ1) is 9.94. The lowest BCUT2D eigenvalue weighted by Crippen LogP contribution is -2.35. The maximum Gasteiger partial charge on any atom is 0.284 e. The van der Waals surface area contributed by atoms with E-state index >= 15 is 0 Å². The van der Waals surface area contributed by atoms with Gasteiger partial charge in [-0.3, -0.25) is 14.9 Å². The van der Waals surface area contributed by atoms with Gasteiger partial charge in [-0.25, -0.2) is 0 Å². The first-order valence-electron chi connectivity index (χ1n) is 7.17. The minimum Gasteiger partial charge on any atom is -0.339 e. The molecule has 0 heterocycles. The van der Waals surface area contributed by atoms with Crippen LogP contribution in [0.2, 0.25) is 0 Å². The van der Waals surface area contributed by atoms with Crippen molar-refractivity contribution in [2.45, 2.75) is 33.6 Å². The van der Waals surface area contributed by atoms with Gasteiger partial charge >= 0.3 is 0 Å². The Bertz CT molecular complexity index is 516. The third kappa shape index (κ3) is 4.52. The second-order valence-electron chi connectivity index (χ2n) is 4.95. The molecule has 0 fully saturated rings. The number of hydrogen-bond donors (Lipinski definition) is 0. The summed E-state index contributed by atoms with van der Waals surface area (Å²) in [6.45, 7) is 7.42. The van der Waals surface area contributed by atoms with Crippen molar-refractivity contribution in [2.75, 3.05) is 13.1 Å². The van der Waals surface area contributed by atoms with E-state index in [2.05, 4.69) is 29.8 Å². The fourth-order valence-electron chi connectivity index (χ4n) is 2.18. The Morgan fingerprint density at radius 3 is 2.43 bits per heavy atom. The largest absolute Gasteiger partial charge is 0.339 e. The van der Waals surface area contributed by atoms with Gasteiger partial charge in [-0.15, -0.1) is 0 Å². The van der Waals surface area contributed by atoms with Gasteiger partial charge in [0.2, 0.25) is 0 Å². The molecule has 0 aliphatic carbocycles. The van der Waals surface area contributed by atoms with E-state index in [9.17, 15) is 14.9 Å². The lowest BCUT2D eigenvalue weighted by molar-refractivity contribution is -0.385. The van der Waals surface area contributed by atoms with Crippen LogP contribution in [-0.2, 0) is 0 Å². The summed E-state index contributed by atoms with van der Waals surface area (Å²) in [5, 5.41) is 11.0. The van der Waals surface area contributed by atoms with Crippen molar-refractivity contribution in [3.63, 3.8) is 0 Å². The maximum atomic E-state index is 12.5. The minimum absolute atomic E-state index is 0.0839. The van der Waals surface area contributed by atoms with Crippen molar-refractivity contribution in [2.24, 2.45) is 5.92 Å². The number of nitro groups is 1. The Kier molecular flexibility index (Phi) is 6.81. The summed E-state index contributed by atoms with van der Waals surface area (Å²) in [6, 6.07) is 4.51. The smallest absolute Gasteiger partial charge is 0.284 e. The summed E-state index contributed by atoms with van der Waals surface area (Å²) >= 11 is 3.13. The number of benzene rings is 1. The molecule has 21 heavy (non-hydrogen) atoms. The third-order valence-corrected chi connectivity index (χ3v) is 4.36. The number of amides is 1. The van der Waals surface area contributed by atoms with Crippen LogP contribution in [0.15, 0.2) is 22.7 Å². The summed E-state index contributed by atoms with van der Waals surface area (Å²) in [5.41, 5.74) is 0.275. The average molecular weight is 357 g/mol. The Balaban J connectivity index is 3.00. The predicted molar refractivity (Wildman–Crippen MR) is 86.4 cm³/mol. The summed E-state index contributed by atoms with van der Waals surface area (Å²) in [5.74, 6) is 0.305. The fraction of sp³-hybridized carbons (Fsp3) is 0.533. The van der Waals surface area contributed by atoms with Gasteiger partial charge < -0.3 is 4.90 Å². The lowest BCUT2D eigenvalue weighted by Gasteiger charge is -2.25. The molecule has 0 atom stereocenters. The van der Waals surface area contributed by atoms with Crippen LogP contribution in [0.4, 0.5) is 5.69 Å². The van der Waals surface area contributed by atoms with Crippen LogP contribution in [0, 0.1) is 16.0 Å². The van der Waals surface area contributed by atoms with Crippen LogP contribution >= 0.6 is 15.9 Å². The van der Waals surface area contributed by atoms with Crippen LogP contribution in [-0.4, -0.2) is 28.8 Å². The van der Waals surface area contributed by atoms with Crippen molar-refractivity contribution in [3.8, 4) is 0 Å². The standard InChI is InChI=1S/C15H21BrN2O3/c1-4-11(5-2)10-17(6-3)15(19)12-7-8-13(16)14(9-12)18(20)21/h7-9,11H,4-6,10H2,1-3H3. The number of nitrogens with zero attached hydrogens (tertiary/aromatic N) is 2. The maximum absolute atomic E-state index is 12.5. The van der Waals surface area contributed by atoms with Crippen molar-refractivity contribution < 1.29 is 9.72 Å². The van der Waals surface area contributed by atoms with E-state index in [0.29, 0.717) is 29.0 Å². The van der Waals surface area contributed by atoms with Gasteiger partial charge in [0.1, 0.15) is 0 Å². The quantitative estimate of drug-likeness (QED) is 0.541. The van der Waals surface area contributed by atoms with Crippen molar-refractivity contribution in [1.82, 2.24) is 4.90 Å². The second-order valence-corrected chi connectivity index (χ2v) is 5.80. The zero-order valence-electron chi connectivity index (χ0n) is 12.6. The van der Waals surface area contributed by atoms with E-state index in [0.717, 1.165) is 12.8 Å². The van der Waals surface area contributed by atoms with E-state index in [1.165, 1.54) is 6.07 Å². The molecule has 0 saturated carbocycles. The molecule has 6 heteroatoms. The summed E-state index contributed by atoms with van der Waals surface area (Å²) in [6.07, 6.45) is 2.03. The van der Waals surface area contributed by atoms with Gasteiger partial charge in [-0.2, -0.15) is 0 Å². The van der Waals surface area contributed by atoms with Crippen LogP contribution < -0.4 is 0 Å². The van der Waals surface area contributed by atoms with Crippen LogP contribution in [0.25, 0.3) is 0 Å². The Labute approximate surface area is 133 Å². The molecule has 1 aromatic carbocycles. The SMILES string of the molecule is CCC(CC)CN(CC)C(=O)c1ccc(Br)c([N+](=O)[O-])c1. The molecule has 116 valence electrons. The molecular weight excluding hydrogens is 336 g/mol. The zero-order chi connectivity index (χ0) is 16.0. The highest BCUT2D eigenvalue weighted by atomic mass is 79.9. The van der Waals surface area contributed by atoms with Gasteiger partial charge in [0.15, 0.2) is 0 Å². The van der Waals surface area contributed by atoms with Crippen molar-refractivity contribution in [3.05, 3.63) is 38.3 Å². The van der Waals surface area contributed by atoms with Crippen molar-refractivity contribution >= 4 is 27.5 Å². The molecule has 0 N–H and O–H groups in total. The van der Waals surface area contributed by atoms with Gasteiger partial charge in [0.25, 0.3) is 11.6 Å². The molecule has 0 aliphatic rings. The minimum atomic E-state index is -0.488. The summed E-state index contributed by atoms with van der Waals surface area (Å²) in [4.78, 5) is 24.7. The summed E-state index contributed by atoms with van der Waals surface area (Å²) in [7, 11) is 0. The lowest BCUT2D eigenvalue weighted by atomic mass is 10.0. The van der Waals surface area contributed by atoms with E-state index in [-0.39, 0.29) is 11.6 Å². The van der Waals surface area contributed by atoms with Gasteiger partial charge in [-0.1, -0.05) is 26.7 Å². The Hall–Kier alpha value is -1.43. The van der Waals surface area contributed by atoms with Gasteiger partial charge in [0, 0.05) is 24.7 Å². The highest BCUT2D eigenvalue weighted by molar-refractivity contribution is 9.10. The first-order valence-corrected chi connectivity index (χ1v) is 7.97. The highest BCUT2D eigenvalue weighted by Gasteiger charge is 2.21. The van der Waals surface area contributed by atoms with Crippen LogP contribution in [0.3, 0.4) is 0 Å². The number of nitro benzene ring substituents is 1. The number of carbonyl (C=O) groups is 1. The van der Waals surface area contributed by atoms with E-state index < -0.39 is 4.92 Å².